The van der Waals surface area contributed by atoms with Gasteiger partial charge >= 0.3 is 0 Å². The fraction of sp³-hybridized carbons (Fsp3) is 0.417. The van der Waals surface area contributed by atoms with Crippen LogP contribution in [0.2, 0.25) is 0 Å². The van der Waals surface area contributed by atoms with Crippen LogP contribution in [0.3, 0.4) is 0 Å². The Balaban J connectivity index is 2.47. The van der Waals surface area contributed by atoms with Gasteiger partial charge in [-0.2, -0.15) is 9.57 Å². The van der Waals surface area contributed by atoms with E-state index in [4.69, 9.17) is 5.26 Å². The van der Waals surface area contributed by atoms with Gasteiger partial charge in [-0.1, -0.05) is 0 Å². The first-order valence-corrected chi connectivity index (χ1v) is 7.43. The lowest BCUT2D eigenvalue weighted by atomic mass is 10.2. The molecule has 0 saturated carbocycles. The number of rotatable bonds is 2. The van der Waals surface area contributed by atoms with Gasteiger partial charge in [-0.25, -0.2) is 17.2 Å². The molecule has 0 amide bonds. The van der Waals surface area contributed by atoms with E-state index in [-0.39, 0.29) is 24.7 Å². The number of hydrogen-bond acceptors (Lipinski definition) is 4. The van der Waals surface area contributed by atoms with Crippen LogP contribution in [0.1, 0.15) is 12.5 Å². The number of nitrogens with zero attached hydrogens (tertiary/aromatic N) is 2. The summed E-state index contributed by atoms with van der Waals surface area (Å²) in [6.45, 7) is 2.49. The Morgan fingerprint density at radius 3 is 2.50 bits per heavy atom. The van der Waals surface area contributed by atoms with Crippen LogP contribution in [0.25, 0.3) is 0 Å². The second kappa shape index (κ2) is 5.44. The lowest BCUT2D eigenvalue weighted by Crippen LogP contribution is -2.51. The van der Waals surface area contributed by atoms with Crippen LogP contribution in [-0.2, 0) is 10.0 Å². The van der Waals surface area contributed by atoms with Crippen molar-refractivity contribution in [2.24, 2.45) is 0 Å². The number of hydrogen-bond donors (Lipinski definition) is 1. The minimum atomic E-state index is -4.25. The molecule has 2 rings (SSSR count). The van der Waals surface area contributed by atoms with E-state index in [0.717, 1.165) is 16.4 Å². The van der Waals surface area contributed by atoms with Crippen molar-refractivity contribution in [1.82, 2.24) is 9.62 Å². The third kappa shape index (κ3) is 2.65. The molecule has 5 nitrogen and oxygen atoms in total. The number of piperazine rings is 1. The molecule has 1 aliphatic heterocycles. The van der Waals surface area contributed by atoms with Crippen molar-refractivity contribution in [1.29, 1.82) is 5.26 Å². The summed E-state index contributed by atoms with van der Waals surface area (Å²) < 4.78 is 53.3. The quantitative estimate of drug-likeness (QED) is 0.877. The molecular weight excluding hydrogens is 288 g/mol. The van der Waals surface area contributed by atoms with Gasteiger partial charge in [-0.15, -0.1) is 0 Å². The molecule has 0 aromatic heterocycles. The van der Waals surface area contributed by atoms with E-state index in [1.807, 2.05) is 0 Å². The predicted molar refractivity (Wildman–Crippen MR) is 67.3 cm³/mol. The Hall–Kier alpha value is -1.56. The number of halogens is 2. The highest BCUT2D eigenvalue weighted by Crippen LogP contribution is 2.24. The third-order valence-electron chi connectivity index (χ3n) is 3.06. The van der Waals surface area contributed by atoms with E-state index in [1.165, 1.54) is 0 Å². The van der Waals surface area contributed by atoms with Gasteiger partial charge in [-0.05, 0) is 19.1 Å². The summed E-state index contributed by atoms with van der Waals surface area (Å²) in [5.74, 6) is -2.49. The molecule has 1 saturated heterocycles. The summed E-state index contributed by atoms with van der Waals surface area (Å²) >= 11 is 0. The van der Waals surface area contributed by atoms with Gasteiger partial charge in [0.25, 0.3) is 0 Å². The minimum Gasteiger partial charge on any atom is -0.312 e. The van der Waals surface area contributed by atoms with Crippen molar-refractivity contribution in [2.45, 2.75) is 17.9 Å². The number of nitrogens with one attached hydrogen (secondary N) is 1. The smallest absolute Gasteiger partial charge is 0.249 e. The maximum atomic E-state index is 13.8. The molecule has 1 atom stereocenters. The SMILES string of the molecule is CC1CN(S(=O)(=O)c2c(F)cc(C#N)cc2F)CCN1. The van der Waals surface area contributed by atoms with Gasteiger partial charge in [0.05, 0.1) is 11.6 Å². The molecule has 0 bridgehead atoms. The molecule has 1 aromatic carbocycles. The number of nitriles is 1. The summed E-state index contributed by atoms with van der Waals surface area (Å²) in [4.78, 5) is -0.995. The van der Waals surface area contributed by atoms with Crippen LogP contribution in [0.15, 0.2) is 17.0 Å². The maximum Gasteiger partial charge on any atom is 0.249 e. The Morgan fingerprint density at radius 2 is 2.00 bits per heavy atom. The average molecular weight is 301 g/mol. The van der Waals surface area contributed by atoms with Crippen molar-refractivity contribution in [3.05, 3.63) is 29.3 Å². The van der Waals surface area contributed by atoms with E-state index >= 15 is 0 Å². The molecular formula is C12H13F2N3O2S. The van der Waals surface area contributed by atoms with Crippen molar-refractivity contribution in [2.75, 3.05) is 19.6 Å². The van der Waals surface area contributed by atoms with Gasteiger partial charge in [0.2, 0.25) is 10.0 Å². The zero-order chi connectivity index (χ0) is 14.9. The second-order valence-corrected chi connectivity index (χ2v) is 6.47. The van der Waals surface area contributed by atoms with Crippen LogP contribution in [0.4, 0.5) is 8.78 Å². The molecule has 0 aliphatic carbocycles. The average Bonchev–Trinajstić information content (AvgIpc) is 2.37. The summed E-state index contributed by atoms with van der Waals surface area (Å²) in [5.41, 5.74) is -0.257. The first kappa shape index (κ1) is 14.8. The zero-order valence-corrected chi connectivity index (χ0v) is 11.5. The first-order valence-electron chi connectivity index (χ1n) is 5.99. The largest absolute Gasteiger partial charge is 0.312 e. The van der Waals surface area contributed by atoms with Crippen LogP contribution < -0.4 is 5.32 Å². The minimum absolute atomic E-state index is 0.0944. The standard InChI is InChI=1S/C12H13F2N3O2S/c1-8-7-17(3-2-16-8)20(18,19)12-10(13)4-9(6-15)5-11(12)14/h4-5,8,16H,2-3,7H2,1H3. The van der Waals surface area contributed by atoms with E-state index in [9.17, 15) is 17.2 Å². The first-order chi connectivity index (χ1) is 9.36. The third-order valence-corrected chi connectivity index (χ3v) is 4.97. The van der Waals surface area contributed by atoms with E-state index < -0.39 is 26.6 Å². The molecule has 1 unspecified atom stereocenters. The van der Waals surface area contributed by atoms with E-state index in [0.29, 0.717) is 6.54 Å². The molecule has 1 aromatic rings. The molecule has 1 fully saturated rings. The summed E-state index contributed by atoms with van der Waals surface area (Å²) in [5, 5.41) is 11.7. The van der Waals surface area contributed by atoms with Crippen LogP contribution in [-0.4, -0.2) is 38.4 Å². The molecule has 1 N–H and O–H groups in total. The fourth-order valence-electron chi connectivity index (χ4n) is 2.12. The normalized spacial score (nSPS) is 20.6. The predicted octanol–water partition coefficient (Wildman–Crippen LogP) is 0.819. The monoisotopic (exact) mass is 301 g/mol. The van der Waals surface area contributed by atoms with Crippen molar-refractivity contribution < 1.29 is 17.2 Å². The molecule has 0 spiro atoms. The topological polar surface area (TPSA) is 73.2 Å². The zero-order valence-electron chi connectivity index (χ0n) is 10.7. The second-order valence-electron chi connectivity index (χ2n) is 4.60. The fourth-order valence-corrected chi connectivity index (χ4v) is 3.74. The van der Waals surface area contributed by atoms with Gasteiger partial charge in [-0.3, -0.25) is 0 Å². The van der Waals surface area contributed by atoms with E-state index in [1.54, 1.807) is 13.0 Å². The molecule has 20 heavy (non-hydrogen) atoms. The van der Waals surface area contributed by atoms with Crippen LogP contribution >= 0.6 is 0 Å². The maximum absolute atomic E-state index is 13.8. The molecule has 1 aliphatic rings. The van der Waals surface area contributed by atoms with Gasteiger partial charge in [0, 0.05) is 25.7 Å². The lowest BCUT2D eigenvalue weighted by molar-refractivity contribution is 0.307. The summed E-state index contributed by atoms with van der Waals surface area (Å²) in [6, 6.07) is 2.93. The van der Waals surface area contributed by atoms with Gasteiger partial charge in [0.15, 0.2) is 4.90 Å². The van der Waals surface area contributed by atoms with E-state index in [2.05, 4.69) is 5.32 Å². The highest BCUT2D eigenvalue weighted by atomic mass is 32.2. The number of sulfonamides is 1. The molecule has 1 heterocycles. The molecule has 0 radical (unpaired) electrons. The number of benzene rings is 1. The van der Waals surface area contributed by atoms with Crippen molar-refractivity contribution >= 4 is 10.0 Å². The lowest BCUT2D eigenvalue weighted by Gasteiger charge is -2.31. The summed E-state index contributed by atoms with van der Waals surface area (Å²) in [7, 11) is -4.25. The highest BCUT2D eigenvalue weighted by Gasteiger charge is 2.33. The van der Waals surface area contributed by atoms with Crippen molar-refractivity contribution in [3.63, 3.8) is 0 Å². The van der Waals surface area contributed by atoms with Crippen LogP contribution in [0, 0.1) is 23.0 Å². The Bertz CT molecular complexity index is 647. The highest BCUT2D eigenvalue weighted by molar-refractivity contribution is 7.89. The summed E-state index contributed by atoms with van der Waals surface area (Å²) in [6.07, 6.45) is 0. The Labute approximate surface area is 115 Å². The van der Waals surface area contributed by atoms with Crippen LogP contribution in [0.5, 0.6) is 0 Å². The van der Waals surface area contributed by atoms with Gasteiger partial charge in [0.1, 0.15) is 11.6 Å². The van der Waals surface area contributed by atoms with Crippen molar-refractivity contribution in [3.8, 4) is 6.07 Å². The molecule has 8 heteroatoms. The molecule has 108 valence electrons. The Kier molecular flexibility index (Phi) is 4.04. The Morgan fingerprint density at radius 1 is 1.40 bits per heavy atom. The van der Waals surface area contributed by atoms with Gasteiger partial charge < -0.3 is 5.32 Å².